The highest BCUT2D eigenvalue weighted by molar-refractivity contribution is 6.30. The van der Waals surface area contributed by atoms with Crippen LogP contribution in [0.15, 0.2) is 47.4 Å². The number of nitrogens with one attached hydrogen (secondary N) is 1. The molecule has 1 aromatic carbocycles. The highest BCUT2D eigenvalue weighted by atomic mass is 35.5. The van der Waals surface area contributed by atoms with Crippen molar-refractivity contribution in [1.29, 1.82) is 0 Å². The first kappa shape index (κ1) is 15.6. The quantitative estimate of drug-likeness (QED) is 0.940. The number of amides is 1. The number of likely N-dealkylation sites (tertiary alicyclic amines) is 1. The van der Waals surface area contributed by atoms with Gasteiger partial charge in [-0.05, 0) is 36.4 Å². The lowest BCUT2D eigenvalue weighted by atomic mass is 10.1. The zero-order valence-electron chi connectivity index (χ0n) is 12.5. The van der Waals surface area contributed by atoms with Gasteiger partial charge in [-0.15, -0.1) is 0 Å². The van der Waals surface area contributed by atoms with Crippen molar-refractivity contribution in [3.8, 4) is 5.75 Å². The third-order valence-corrected chi connectivity index (χ3v) is 4.15. The summed E-state index contributed by atoms with van der Waals surface area (Å²) in [5.74, 6) is 0.551. The number of ether oxygens (including phenoxy) is 1. The molecular weight excluding hydrogens is 316 g/mol. The number of carbonyl (C=O) groups excluding carboxylic acids is 1. The summed E-state index contributed by atoms with van der Waals surface area (Å²) in [6.45, 7) is 1.15. The molecule has 120 valence electrons. The van der Waals surface area contributed by atoms with E-state index in [0.29, 0.717) is 18.1 Å². The molecule has 0 atom stereocenters. The Morgan fingerprint density at radius 2 is 1.87 bits per heavy atom. The van der Waals surface area contributed by atoms with Gasteiger partial charge in [-0.25, -0.2) is 0 Å². The van der Waals surface area contributed by atoms with Crippen molar-refractivity contribution in [2.45, 2.75) is 18.9 Å². The van der Waals surface area contributed by atoms with Crippen LogP contribution in [0.4, 0.5) is 0 Å². The van der Waals surface area contributed by atoms with Gasteiger partial charge < -0.3 is 14.6 Å². The Balaban J connectivity index is 1.58. The van der Waals surface area contributed by atoms with E-state index in [0.717, 1.165) is 18.6 Å². The number of carbonyl (C=O) groups is 1. The molecule has 1 aromatic heterocycles. The highest BCUT2D eigenvalue weighted by Crippen LogP contribution is 2.21. The maximum atomic E-state index is 12.4. The predicted octanol–water partition coefficient (Wildman–Crippen LogP) is 2.71. The van der Waals surface area contributed by atoms with Gasteiger partial charge in [0, 0.05) is 37.2 Å². The Morgan fingerprint density at radius 1 is 1.17 bits per heavy atom. The summed E-state index contributed by atoms with van der Waals surface area (Å²) in [5.41, 5.74) is -0.165. The molecule has 2 heterocycles. The fraction of sp³-hybridized carbons (Fsp3) is 0.294. The van der Waals surface area contributed by atoms with Crippen molar-refractivity contribution in [3.63, 3.8) is 0 Å². The van der Waals surface area contributed by atoms with E-state index >= 15 is 0 Å². The molecule has 0 bridgehead atoms. The van der Waals surface area contributed by atoms with Crippen LogP contribution in [0.25, 0.3) is 0 Å². The molecule has 0 saturated carbocycles. The zero-order valence-corrected chi connectivity index (χ0v) is 13.3. The molecule has 1 N–H and O–H groups in total. The molecule has 1 fully saturated rings. The smallest absolute Gasteiger partial charge is 0.260 e. The predicted molar refractivity (Wildman–Crippen MR) is 88.1 cm³/mol. The number of benzene rings is 1. The van der Waals surface area contributed by atoms with E-state index < -0.39 is 0 Å². The summed E-state index contributed by atoms with van der Waals surface area (Å²) in [5, 5.41) is 0.672. The maximum absolute atomic E-state index is 12.4. The Hall–Kier alpha value is -2.27. The first-order valence-corrected chi connectivity index (χ1v) is 7.90. The van der Waals surface area contributed by atoms with Gasteiger partial charge in [0.05, 0.1) is 0 Å². The van der Waals surface area contributed by atoms with Crippen LogP contribution in [-0.2, 0) is 0 Å². The molecule has 6 heteroatoms. The fourth-order valence-electron chi connectivity index (χ4n) is 2.64. The van der Waals surface area contributed by atoms with Crippen LogP contribution in [0.1, 0.15) is 23.2 Å². The summed E-state index contributed by atoms with van der Waals surface area (Å²) >= 11 is 5.85. The first-order chi connectivity index (χ1) is 11.1. The molecular formula is C17H17ClN2O3. The van der Waals surface area contributed by atoms with Crippen molar-refractivity contribution < 1.29 is 9.53 Å². The number of pyridine rings is 1. The van der Waals surface area contributed by atoms with Gasteiger partial charge in [0.1, 0.15) is 17.4 Å². The lowest BCUT2D eigenvalue weighted by Gasteiger charge is -2.32. The van der Waals surface area contributed by atoms with Crippen LogP contribution in [0.2, 0.25) is 5.02 Å². The van der Waals surface area contributed by atoms with Gasteiger partial charge in [0.2, 0.25) is 0 Å². The molecule has 1 aliphatic rings. The standard InChI is InChI=1S/C17H17ClN2O3/c18-12-3-5-13(6-4-12)23-14-7-10-20(11-8-14)17(22)15-2-1-9-19-16(15)21/h1-6,9,14H,7-8,10-11H2,(H,19,21). The van der Waals surface area contributed by atoms with E-state index in [4.69, 9.17) is 16.3 Å². The Kier molecular flexibility index (Phi) is 4.67. The third kappa shape index (κ3) is 3.74. The van der Waals surface area contributed by atoms with E-state index in [1.807, 2.05) is 12.1 Å². The van der Waals surface area contributed by atoms with Crippen LogP contribution in [-0.4, -0.2) is 35.0 Å². The highest BCUT2D eigenvalue weighted by Gasteiger charge is 2.25. The SMILES string of the molecule is O=C(c1ccc[nH]c1=O)N1CCC(Oc2ccc(Cl)cc2)CC1. The fourth-order valence-corrected chi connectivity index (χ4v) is 2.77. The second kappa shape index (κ2) is 6.87. The van der Waals surface area contributed by atoms with Gasteiger partial charge in [0.25, 0.3) is 11.5 Å². The zero-order chi connectivity index (χ0) is 16.2. The number of aromatic nitrogens is 1. The molecule has 3 rings (SSSR count). The maximum Gasteiger partial charge on any atom is 0.260 e. The van der Waals surface area contributed by atoms with Crippen LogP contribution < -0.4 is 10.3 Å². The summed E-state index contributed by atoms with van der Waals surface area (Å²) in [6, 6.07) is 10.5. The molecule has 5 nitrogen and oxygen atoms in total. The van der Waals surface area contributed by atoms with Crippen molar-refractivity contribution in [2.24, 2.45) is 0 Å². The summed E-state index contributed by atoms with van der Waals surface area (Å²) in [6.07, 6.45) is 3.05. The Labute approximate surface area is 138 Å². The number of rotatable bonds is 3. The molecule has 1 saturated heterocycles. The van der Waals surface area contributed by atoms with Gasteiger partial charge in [-0.2, -0.15) is 0 Å². The third-order valence-electron chi connectivity index (χ3n) is 3.89. The largest absolute Gasteiger partial charge is 0.490 e. The molecule has 0 radical (unpaired) electrons. The van der Waals surface area contributed by atoms with Crippen molar-refractivity contribution in [2.75, 3.05) is 13.1 Å². The van der Waals surface area contributed by atoms with E-state index in [2.05, 4.69) is 4.98 Å². The number of H-pyrrole nitrogens is 1. The van der Waals surface area contributed by atoms with E-state index in [1.165, 1.54) is 6.20 Å². The molecule has 23 heavy (non-hydrogen) atoms. The van der Waals surface area contributed by atoms with Gasteiger partial charge in [0.15, 0.2) is 0 Å². The van der Waals surface area contributed by atoms with Crippen molar-refractivity contribution >= 4 is 17.5 Å². The van der Waals surface area contributed by atoms with Crippen LogP contribution >= 0.6 is 11.6 Å². The van der Waals surface area contributed by atoms with E-state index in [-0.39, 0.29) is 23.1 Å². The lowest BCUT2D eigenvalue weighted by Crippen LogP contribution is -2.43. The molecule has 2 aromatic rings. The van der Waals surface area contributed by atoms with Crippen molar-refractivity contribution in [1.82, 2.24) is 9.88 Å². The second-order valence-electron chi connectivity index (χ2n) is 5.48. The molecule has 1 aliphatic heterocycles. The van der Waals surface area contributed by atoms with Crippen molar-refractivity contribution in [3.05, 3.63) is 63.5 Å². The van der Waals surface area contributed by atoms with Gasteiger partial charge >= 0.3 is 0 Å². The van der Waals surface area contributed by atoms with E-state index in [1.54, 1.807) is 29.2 Å². The number of aromatic amines is 1. The van der Waals surface area contributed by atoms with E-state index in [9.17, 15) is 9.59 Å². The summed E-state index contributed by atoms with van der Waals surface area (Å²) in [4.78, 5) is 28.3. The average Bonchev–Trinajstić information content (AvgIpc) is 2.57. The van der Waals surface area contributed by atoms with Gasteiger partial charge in [-0.3, -0.25) is 9.59 Å². The monoisotopic (exact) mass is 332 g/mol. The summed E-state index contributed by atoms with van der Waals surface area (Å²) < 4.78 is 5.90. The average molecular weight is 333 g/mol. The first-order valence-electron chi connectivity index (χ1n) is 7.52. The summed E-state index contributed by atoms with van der Waals surface area (Å²) in [7, 11) is 0. The minimum atomic E-state index is -0.350. The number of halogens is 1. The minimum Gasteiger partial charge on any atom is -0.490 e. The number of hydrogen-bond acceptors (Lipinski definition) is 3. The van der Waals surface area contributed by atoms with Crippen LogP contribution in [0.3, 0.4) is 0 Å². The lowest BCUT2D eigenvalue weighted by molar-refractivity contribution is 0.0594. The Morgan fingerprint density at radius 3 is 2.52 bits per heavy atom. The topological polar surface area (TPSA) is 62.4 Å². The second-order valence-corrected chi connectivity index (χ2v) is 5.91. The normalized spacial score (nSPS) is 15.4. The Bertz CT molecular complexity index is 734. The van der Waals surface area contributed by atoms with Crippen LogP contribution in [0.5, 0.6) is 5.75 Å². The molecule has 0 spiro atoms. The number of hydrogen-bond donors (Lipinski definition) is 1. The number of nitrogens with zero attached hydrogens (tertiary/aromatic N) is 1. The molecule has 1 amide bonds. The van der Waals surface area contributed by atoms with Gasteiger partial charge in [-0.1, -0.05) is 11.6 Å². The molecule has 0 unspecified atom stereocenters. The van der Waals surface area contributed by atoms with Crippen LogP contribution in [0, 0.1) is 0 Å². The molecule has 0 aliphatic carbocycles. The minimum absolute atomic E-state index is 0.0642. The number of piperidine rings is 1.